The predicted octanol–water partition coefficient (Wildman–Crippen LogP) is 1.69. The second-order valence-corrected chi connectivity index (χ2v) is 4.44. The van der Waals surface area contributed by atoms with E-state index in [4.69, 9.17) is 14.6 Å². The van der Waals surface area contributed by atoms with Crippen LogP contribution in [0.4, 0.5) is 0 Å². The summed E-state index contributed by atoms with van der Waals surface area (Å²) in [4.78, 5) is 22.4. The average molecular weight is 295 g/mol. The van der Waals surface area contributed by atoms with E-state index in [1.165, 1.54) is 0 Å². The molecule has 0 bridgehead atoms. The third kappa shape index (κ3) is 6.16. The van der Waals surface area contributed by atoms with Gasteiger partial charge in [0.1, 0.15) is 11.5 Å². The maximum absolute atomic E-state index is 11.6. The number of hydrogen-bond donors (Lipinski definition) is 2. The number of carboxylic acid groups (broad SMARTS) is 1. The summed E-state index contributed by atoms with van der Waals surface area (Å²) in [5.41, 5.74) is 0. The molecule has 1 unspecified atom stereocenters. The lowest BCUT2D eigenvalue weighted by Crippen LogP contribution is -2.35. The van der Waals surface area contributed by atoms with Crippen LogP contribution in [0, 0.1) is 5.92 Å². The monoisotopic (exact) mass is 295 g/mol. The molecule has 6 nitrogen and oxygen atoms in total. The summed E-state index contributed by atoms with van der Waals surface area (Å²) in [6.07, 6.45) is 0.468. The number of carbonyl (C=O) groups excluding carboxylic acids is 1. The fourth-order valence-corrected chi connectivity index (χ4v) is 1.64. The van der Waals surface area contributed by atoms with Crippen molar-refractivity contribution >= 4 is 11.9 Å². The Morgan fingerprint density at radius 2 is 1.71 bits per heavy atom. The first kappa shape index (κ1) is 16.8. The van der Waals surface area contributed by atoms with Gasteiger partial charge in [0.05, 0.1) is 12.5 Å². The number of amides is 1. The van der Waals surface area contributed by atoms with E-state index in [-0.39, 0.29) is 19.1 Å². The molecule has 0 heterocycles. The lowest BCUT2D eigenvalue weighted by Gasteiger charge is -2.12. The maximum Gasteiger partial charge on any atom is 0.308 e. The Bertz CT molecular complexity index is 458. The molecule has 1 rings (SSSR count). The van der Waals surface area contributed by atoms with E-state index in [1.807, 2.05) is 6.92 Å². The van der Waals surface area contributed by atoms with Crippen molar-refractivity contribution in [2.45, 2.75) is 20.3 Å². The largest absolute Gasteiger partial charge is 0.494 e. The van der Waals surface area contributed by atoms with Gasteiger partial charge in [0.15, 0.2) is 6.61 Å². The number of aliphatic carboxylic acids is 1. The normalized spacial score (nSPS) is 11.5. The molecule has 6 heteroatoms. The fraction of sp³-hybridized carbons (Fsp3) is 0.467. The number of nitrogens with one attached hydrogen (secondary N) is 1. The Balaban J connectivity index is 2.34. The van der Waals surface area contributed by atoms with Crippen LogP contribution in [-0.2, 0) is 9.59 Å². The van der Waals surface area contributed by atoms with Crippen LogP contribution in [0.15, 0.2) is 24.3 Å². The first-order valence-electron chi connectivity index (χ1n) is 6.92. The summed E-state index contributed by atoms with van der Waals surface area (Å²) in [7, 11) is 0. The van der Waals surface area contributed by atoms with Crippen LogP contribution >= 0.6 is 0 Å². The van der Waals surface area contributed by atoms with E-state index >= 15 is 0 Å². The second-order valence-electron chi connectivity index (χ2n) is 4.44. The van der Waals surface area contributed by atoms with Crippen molar-refractivity contribution in [1.29, 1.82) is 0 Å². The van der Waals surface area contributed by atoms with Gasteiger partial charge in [-0.2, -0.15) is 0 Å². The summed E-state index contributed by atoms with van der Waals surface area (Å²) < 4.78 is 10.6. The predicted molar refractivity (Wildman–Crippen MR) is 77.5 cm³/mol. The molecule has 0 aromatic heterocycles. The van der Waals surface area contributed by atoms with Gasteiger partial charge in [0, 0.05) is 6.54 Å². The number of benzene rings is 1. The van der Waals surface area contributed by atoms with Gasteiger partial charge in [-0.05, 0) is 37.6 Å². The standard InChI is InChI=1S/C15H21NO5/c1-3-11(15(18)19)9-16-14(17)10-21-13-7-5-12(6-8-13)20-4-2/h5-8,11H,3-4,9-10H2,1-2H3,(H,16,17)(H,18,19). The highest BCUT2D eigenvalue weighted by atomic mass is 16.5. The van der Waals surface area contributed by atoms with Gasteiger partial charge in [0.2, 0.25) is 0 Å². The third-order valence-electron chi connectivity index (χ3n) is 2.89. The Morgan fingerprint density at radius 1 is 1.14 bits per heavy atom. The topological polar surface area (TPSA) is 84.9 Å². The van der Waals surface area contributed by atoms with Crippen LogP contribution in [0.2, 0.25) is 0 Å². The van der Waals surface area contributed by atoms with Crippen molar-refractivity contribution in [2.75, 3.05) is 19.8 Å². The minimum absolute atomic E-state index is 0.108. The minimum atomic E-state index is -0.912. The van der Waals surface area contributed by atoms with E-state index in [0.29, 0.717) is 18.8 Å². The summed E-state index contributed by atoms with van der Waals surface area (Å²) in [5.74, 6) is -0.534. The third-order valence-corrected chi connectivity index (χ3v) is 2.89. The molecule has 0 saturated carbocycles. The van der Waals surface area contributed by atoms with Gasteiger partial charge < -0.3 is 19.9 Å². The van der Waals surface area contributed by atoms with E-state index in [1.54, 1.807) is 31.2 Å². The molecule has 0 fully saturated rings. The first-order chi connectivity index (χ1) is 10.1. The highest BCUT2D eigenvalue weighted by Gasteiger charge is 2.15. The highest BCUT2D eigenvalue weighted by molar-refractivity contribution is 5.78. The number of ether oxygens (including phenoxy) is 2. The molecule has 116 valence electrons. The molecule has 1 atom stereocenters. The quantitative estimate of drug-likeness (QED) is 0.724. The Labute approximate surface area is 124 Å². The summed E-state index contributed by atoms with van der Waals surface area (Å²) >= 11 is 0. The van der Waals surface area contributed by atoms with Crippen LogP contribution in [0.1, 0.15) is 20.3 Å². The molecule has 0 spiro atoms. The molecule has 21 heavy (non-hydrogen) atoms. The molecular formula is C15H21NO5. The number of carbonyl (C=O) groups is 2. The summed E-state index contributed by atoms with van der Waals surface area (Å²) in [6.45, 7) is 4.21. The SMILES string of the molecule is CCOc1ccc(OCC(=O)NCC(CC)C(=O)O)cc1. The van der Waals surface area contributed by atoms with Gasteiger partial charge in [-0.1, -0.05) is 6.92 Å². The van der Waals surface area contributed by atoms with Gasteiger partial charge in [0.25, 0.3) is 5.91 Å². The van der Waals surface area contributed by atoms with Crippen LogP contribution in [0.5, 0.6) is 11.5 Å². The van der Waals surface area contributed by atoms with E-state index in [2.05, 4.69) is 5.32 Å². The molecular weight excluding hydrogens is 274 g/mol. The van der Waals surface area contributed by atoms with Gasteiger partial charge >= 0.3 is 5.97 Å². The number of rotatable bonds is 9. The van der Waals surface area contributed by atoms with E-state index in [9.17, 15) is 9.59 Å². The second kappa shape index (κ2) is 8.84. The molecule has 2 N–H and O–H groups in total. The van der Waals surface area contributed by atoms with Crippen LogP contribution in [0.3, 0.4) is 0 Å². The van der Waals surface area contributed by atoms with Crippen molar-refractivity contribution in [3.8, 4) is 11.5 Å². The van der Waals surface area contributed by atoms with Gasteiger partial charge in [-0.25, -0.2) is 0 Å². The van der Waals surface area contributed by atoms with Crippen molar-refractivity contribution in [3.63, 3.8) is 0 Å². The van der Waals surface area contributed by atoms with E-state index in [0.717, 1.165) is 5.75 Å². The minimum Gasteiger partial charge on any atom is -0.494 e. The zero-order chi connectivity index (χ0) is 15.7. The zero-order valence-electron chi connectivity index (χ0n) is 12.3. The molecule has 0 aliphatic heterocycles. The lowest BCUT2D eigenvalue weighted by molar-refractivity contribution is -0.141. The highest BCUT2D eigenvalue weighted by Crippen LogP contribution is 2.17. The van der Waals surface area contributed by atoms with Crippen molar-refractivity contribution in [3.05, 3.63) is 24.3 Å². The molecule has 0 aliphatic carbocycles. The molecule has 1 aromatic rings. The Morgan fingerprint density at radius 3 is 2.19 bits per heavy atom. The Kier molecular flexibility index (Phi) is 7.08. The molecule has 1 aromatic carbocycles. The molecule has 1 amide bonds. The summed E-state index contributed by atoms with van der Waals surface area (Å²) in [5, 5.41) is 11.4. The Hall–Kier alpha value is -2.24. The maximum atomic E-state index is 11.6. The lowest BCUT2D eigenvalue weighted by atomic mass is 10.1. The van der Waals surface area contributed by atoms with Crippen molar-refractivity contribution < 1.29 is 24.2 Å². The zero-order valence-corrected chi connectivity index (χ0v) is 12.3. The van der Waals surface area contributed by atoms with Gasteiger partial charge in [-0.3, -0.25) is 9.59 Å². The number of hydrogen-bond acceptors (Lipinski definition) is 4. The van der Waals surface area contributed by atoms with E-state index < -0.39 is 11.9 Å². The van der Waals surface area contributed by atoms with Crippen LogP contribution in [-0.4, -0.2) is 36.7 Å². The first-order valence-corrected chi connectivity index (χ1v) is 6.92. The average Bonchev–Trinajstić information content (AvgIpc) is 2.47. The summed E-state index contributed by atoms with van der Waals surface area (Å²) in [6, 6.07) is 6.94. The number of carboxylic acids is 1. The van der Waals surface area contributed by atoms with Gasteiger partial charge in [-0.15, -0.1) is 0 Å². The smallest absolute Gasteiger partial charge is 0.308 e. The molecule has 0 aliphatic rings. The molecule has 0 saturated heterocycles. The van der Waals surface area contributed by atoms with Crippen LogP contribution in [0.25, 0.3) is 0 Å². The fourth-order valence-electron chi connectivity index (χ4n) is 1.64. The van der Waals surface area contributed by atoms with Crippen molar-refractivity contribution in [1.82, 2.24) is 5.32 Å². The molecule has 0 radical (unpaired) electrons. The van der Waals surface area contributed by atoms with Crippen molar-refractivity contribution in [2.24, 2.45) is 5.92 Å². The van der Waals surface area contributed by atoms with Crippen LogP contribution < -0.4 is 14.8 Å².